The van der Waals surface area contributed by atoms with Crippen LogP contribution in [0.4, 0.5) is 0 Å². The fourth-order valence-electron chi connectivity index (χ4n) is 4.20. The highest BCUT2D eigenvalue weighted by molar-refractivity contribution is 7.89. The fourth-order valence-corrected chi connectivity index (χ4v) is 6.82. The molecule has 0 N–H and O–H groups in total. The minimum absolute atomic E-state index is 0.0116. The van der Waals surface area contributed by atoms with Gasteiger partial charge in [0.2, 0.25) is 0 Å². The van der Waals surface area contributed by atoms with Crippen molar-refractivity contribution in [3.63, 3.8) is 0 Å². The molecule has 2 aliphatic rings. The SMILES string of the molecule is C=C(C)[C@H]1CC[C@@](C)(Cl)[C@@H]2CN(S(=O)(=O)c3ccc(C)cc3)C(=O)[C@]12Cl. The topological polar surface area (TPSA) is 54.5 Å². The molecule has 26 heavy (non-hydrogen) atoms. The molecule has 142 valence electrons. The van der Waals surface area contributed by atoms with Gasteiger partial charge in [0, 0.05) is 23.3 Å². The molecule has 4 nitrogen and oxygen atoms in total. The zero-order chi connectivity index (χ0) is 19.5. The van der Waals surface area contributed by atoms with Gasteiger partial charge in [-0.1, -0.05) is 29.8 Å². The van der Waals surface area contributed by atoms with Crippen LogP contribution in [0.15, 0.2) is 41.3 Å². The molecule has 7 heteroatoms. The number of alkyl halides is 2. The van der Waals surface area contributed by atoms with Crippen molar-refractivity contribution in [3.8, 4) is 0 Å². The first kappa shape index (κ1) is 19.7. The molecule has 0 unspecified atom stereocenters. The highest BCUT2D eigenvalue weighted by Gasteiger charge is 2.66. The van der Waals surface area contributed by atoms with Crippen molar-refractivity contribution in [2.75, 3.05) is 6.54 Å². The van der Waals surface area contributed by atoms with Gasteiger partial charge in [0.15, 0.2) is 0 Å². The number of hydrogen-bond donors (Lipinski definition) is 0. The molecule has 4 atom stereocenters. The van der Waals surface area contributed by atoms with Gasteiger partial charge in [0.05, 0.1) is 4.90 Å². The standard InChI is InChI=1S/C19H23Cl2NO3S/c1-12(2)15-9-10-18(4,20)16-11-22(17(23)19(15,16)21)26(24,25)14-7-5-13(3)6-8-14/h5-8,15-16H,1,9-11H2,2-4H3/t15-,16+,18-,19+/m1/s1. The van der Waals surface area contributed by atoms with E-state index in [0.29, 0.717) is 12.8 Å². The maximum Gasteiger partial charge on any atom is 0.266 e. The Morgan fingerprint density at radius 3 is 2.38 bits per heavy atom. The van der Waals surface area contributed by atoms with E-state index in [0.717, 1.165) is 15.4 Å². The first-order valence-corrected chi connectivity index (χ1v) is 10.8. The summed E-state index contributed by atoms with van der Waals surface area (Å²) in [7, 11) is -3.99. The van der Waals surface area contributed by atoms with E-state index in [2.05, 4.69) is 6.58 Å². The average Bonchev–Trinajstić information content (AvgIpc) is 2.81. The molecule has 1 amide bonds. The Bertz CT molecular complexity index is 863. The number of amides is 1. The van der Waals surface area contributed by atoms with Crippen LogP contribution in [0.3, 0.4) is 0 Å². The van der Waals surface area contributed by atoms with E-state index in [4.69, 9.17) is 23.2 Å². The highest BCUT2D eigenvalue weighted by Crippen LogP contribution is 2.57. The van der Waals surface area contributed by atoms with Gasteiger partial charge in [-0.05, 0) is 45.7 Å². The second-order valence-corrected chi connectivity index (χ2v) is 11.0. The molecule has 1 heterocycles. The largest absolute Gasteiger partial charge is 0.272 e. The maximum absolute atomic E-state index is 13.3. The molecule has 1 saturated carbocycles. The Labute approximate surface area is 165 Å². The summed E-state index contributed by atoms with van der Waals surface area (Å²) in [6.45, 7) is 9.49. The van der Waals surface area contributed by atoms with Crippen LogP contribution in [-0.4, -0.2) is 34.9 Å². The van der Waals surface area contributed by atoms with Gasteiger partial charge >= 0.3 is 0 Å². The van der Waals surface area contributed by atoms with Crippen LogP contribution >= 0.6 is 23.2 Å². The third-order valence-electron chi connectivity index (χ3n) is 5.77. The number of aryl methyl sites for hydroxylation is 1. The van der Waals surface area contributed by atoms with E-state index < -0.39 is 31.6 Å². The van der Waals surface area contributed by atoms with Crippen LogP contribution in [0.2, 0.25) is 0 Å². The smallest absolute Gasteiger partial charge is 0.266 e. The molecule has 0 bridgehead atoms. The monoisotopic (exact) mass is 415 g/mol. The number of nitrogens with zero attached hydrogens (tertiary/aromatic N) is 1. The minimum atomic E-state index is -3.99. The summed E-state index contributed by atoms with van der Waals surface area (Å²) in [5.74, 6) is -1.38. The molecule has 3 rings (SSSR count). The van der Waals surface area contributed by atoms with Gasteiger partial charge in [0.25, 0.3) is 15.9 Å². The van der Waals surface area contributed by atoms with Crippen molar-refractivity contribution < 1.29 is 13.2 Å². The van der Waals surface area contributed by atoms with Gasteiger partial charge in [0.1, 0.15) is 4.87 Å². The van der Waals surface area contributed by atoms with Crippen molar-refractivity contribution in [1.29, 1.82) is 0 Å². The zero-order valence-corrected chi connectivity index (χ0v) is 17.5. The van der Waals surface area contributed by atoms with Gasteiger partial charge in [-0.2, -0.15) is 0 Å². The molecule has 0 radical (unpaired) electrons. The van der Waals surface area contributed by atoms with Gasteiger partial charge in [-0.25, -0.2) is 12.7 Å². The van der Waals surface area contributed by atoms with E-state index in [1.807, 2.05) is 20.8 Å². The van der Waals surface area contributed by atoms with Crippen LogP contribution in [-0.2, 0) is 14.8 Å². The number of hydrogen-bond acceptors (Lipinski definition) is 3. The lowest BCUT2D eigenvalue weighted by Crippen LogP contribution is -2.54. The van der Waals surface area contributed by atoms with Crippen molar-refractivity contribution in [3.05, 3.63) is 42.0 Å². The van der Waals surface area contributed by atoms with Crippen LogP contribution in [0.5, 0.6) is 0 Å². The number of allylic oxidation sites excluding steroid dienone is 1. The first-order valence-electron chi connectivity index (χ1n) is 8.59. The van der Waals surface area contributed by atoms with E-state index in [-0.39, 0.29) is 17.4 Å². The van der Waals surface area contributed by atoms with Gasteiger partial charge in [-0.15, -0.1) is 23.2 Å². The molecule has 0 aromatic heterocycles. The zero-order valence-electron chi connectivity index (χ0n) is 15.1. The number of fused-ring (bicyclic) bond motifs is 1. The van der Waals surface area contributed by atoms with Crippen molar-refractivity contribution in [2.24, 2.45) is 11.8 Å². The van der Waals surface area contributed by atoms with Crippen molar-refractivity contribution in [1.82, 2.24) is 4.31 Å². The van der Waals surface area contributed by atoms with Crippen LogP contribution in [0.1, 0.15) is 32.3 Å². The third kappa shape index (κ3) is 2.79. The maximum atomic E-state index is 13.3. The molecule has 0 spiro atoms. The number of carbonyl (C=O) groups is 1. The Morgan fingerprint density at radius 2 is 1.85 bits per heavy atom. The highest BCUT2D eigenvalue weighted by atomic mass is 35.5. The van der Waals surface area contributed by atoms with E-state index >= 15 is 0 Å². The average molecular weight is 416 g/mol. The second kappa shape index (κ2) is 6.25. The predicted molar refractivity (Wildman–Crippen MR) is 104 cm³/mol. The van der Waals surface area contributed by atoms with E-state index in [1.54, 1.807) is 12.1 Å². The van der Waals surface area contributed by atoms with Crippen molar-refractivity contribution >= 4 is 39.1 Å². The predicted octanol–water partition coefficient (Wildman–Crippen LogP) is 4.10. The summed E-state index contributed by atoms with van der Waals surface area (Å²) in [6, 6.07) is 6.44. The summed E-state index contributed by atoms with van der Waals surface area (Å²) in [5.41, 5.74) is 1.72. The third-order valence-corrected chi connectivity index (χ3v) is 8.67. The Kier molecular flexibility index (Phi) is 4.74. The minimum Gasteiger partial charge on any atom is -0.272 e. The van der Waals surface area contributed by atoms with E-state index in [1.165, 1.54) is 12.1 Å². The van der Waals surface area contributed by atoms with E-state index in [9.17, 15) is 13.2 Å². The number of rotatable bonds is 3. The van der Waals surface area contributed by atoms with Crippen LogP contribution in [0.25, 0.3) is 0 Å². The number of carbonyl (C=O) groups excluding carboxylic acids is 1. The summed E-state index contributed by atoms with van der Waals surface area (Å²) in [6.07, 6.45) is 1.26. The Hall–Kier alpha value is -1.04. The summed E-state index contributed by atoms with van der Waals surface area (Å²) in [5, 5.41) is 0. The van der Waals surface area contributed by atoms with Gasteiger partial charge < -0.3 is 0 Å². The summed E-state index contributed by atoms with van der Waals surface area (Å²) < 4.78 is 27.1. The molecule has 2 fully saturated rings. The quantitative estimate of drug-likeness (QED) is 0.551. The second-order valence-electron chi connectivity index (χ2n) is 7.69. The normalized spacial score (nSPS) is 34.7. The van der Waals surface area contributed by atoms with Crippen LogP contribution in [0, 0.1) is 18.8 Å². The molecule has 1 aromatic rings. The van der Waals surface area contributed by atoms with Gasteiger partial charge in [-0.3, -0.25) is 4.79 Å². The molecular formula is C19H23Cl2NO3S. The first-order chi connectivity index (χ1) is 11.9. The lowest BCUT2D eigenvalue weighted by atomic mass is 9.65. The Morgan fingerprint density at radius 1 is 1.27 bits per heavy atom. The molecular weight excluding hydrogens is 393 g/mol. The van der Waals surface area contributed by atoms with Crippen LogP contribution < -0.4 is 0 Å². The number of sulfonamides is 1. The number of halogens is 2. The molecule has 1 aliphatic carbocycles. The summed E-state index contributed by atoms with van der Waals surface area (Å²) >= 11 is 13.6. The molecule has 1 saturated heterocycles. The molecule has 1 aliphatic heterocycles. The fraction of sp³-hybridized carbons (Fsp3) is 0.526. The molecule has 1 aromatic carbocycles. The number of benzene rings is 1. The Balaban J connectivity index is 2.08. The summed E-state index contributed by atoms with van der Waals surface area (Å²) in [4.78, 5) is 11.2. The lowest BCUT2D eigenvalue weighted by Gasteiger charge is -2.46. The van der Waals surface area contributed by atoms with Crippen molar-refractivity contribution in [2.45, 2.75) is 48.3 Å². The lowest BCUT2D eigenvalue weighted by molar-refractivity contribution is -0.127.